The van der Waals surface area contributed by atoms with Crippen LogP contribution < -0.4 is 5.56 Å². The van der Waals surface area contributed by atoms with Gasteiger partial charge in [-0.2, -0.15) is 0 Å². The third kappa shape index (κ3) is 3.22. The van der Waals surface area contributed by atoms with Crippen LogP contribution in [0.3, 0.4) is 0 Å². The lowest BCUT2D eigenvalue weighted by Crippen LogP contribution is -2.38. The first-order valence-electron chi connectivity index (χ1n) is 5.41. The van der Waals surface area contributed by atoms with Crippen LogP contribution in [-0.2, 0) is 5.54 Å². The molecule has 2 heteroatoms. The number of hydrogen-bond donors (Lipinski definition) is 0. The summed E-state index contributed by atoms with van der Waals surface area (Å²) in [4.78, 5) is 11.7. The van der Waals surface area contributed by atoms with Crippen molar-refractivity contribution in [3.8, 4) is 0 Å². The molecule has 0 spiro atoms. The third-order valence-corrected chi connectivity index (χ3v) is 2.44. The maximum atomic E-state index is 11.7. The van der Waals surface area contributed by atoms with Crippen molar-refractivity contribution in [3.63, 3.8) is 0 Å². The predicted octanol–water partition coefficient (Wildman–Crippen LogP) is 3.02. The Hall–Kier alpha value is -1.05. The molecule has 0 radical (unpaired) electrons. The summed E-state index contributed by atoms with van der Waals surface area (Å²) in [7, 11) is 0. The van der Waals surface area contributed by atoms with Gasteiger partial charge in [0.15, 0.2) is 0 Å². The quantitative estimate of drug-likeness (QED) is 0.730. The van der Waals surface area contributed by atoms with Crippen LogP contribution in [0.4, 0.5) is 0 Å². The highest BCUT2D eigenvalue weighted by Gasteiger charge is 2.27. The van der Waals surface area contributed by atoms with Gasteiger partial charge in [0, 0.05) is 17.8 Å². The van der Waals surface area contributed by atoms with E-state index in [1.165, 1.54) is 0 Å². The van der Waals surface area contributed by atoms with Crippen molar-refractivity contribution in [3.05, 3.63) is 34.7 Å². The molecule has 84 valence electrons. The van der Waals surface area contributed by atoms with Crippen LogP contribution >= 0.6 is 0 Å². The normalized spacial score (nSPS) is 12.9. The molecule has 0 atom stereocenters. The van der Waals surface area contributed by atoms with Crippen molar-refractivity contribution in [2.75, 3.05) is 0 Å². The molecule has 0 saturated carbocycles. The van der Waals surface area contributed by atoms with E-state index >= 15 is 0 Å². The Balaban J connectivity index is 3.07. The lowest BCUT2D eigenvalue weighted by Gasteiger charge is -2.34. The van der Waals surface area contributed by atoms with E-state index in [9.17, 15) is 4.79 Å². The molecule has 15 heavy (non-hydrogen) atoms. The van der Waals surface area contributed by atoms with Gasteiger partial charge in [-0.3, -0.25) is 4.79 Å². The topological polar surface area (TPSA) is 22.0 Å². The van der Waals surface area contributed by atoms with Crippen LogP contribution in [-0.4, -0.2) is 4.57 Å². The first kappa shape index (κ1) is 12.0. The van der Waals surface area contributed by atoms with Gasteiger partial charge in [0.2, 0.25) is 0 Å². The average molecular weight is 207 g/mol. The highest BCUT2D eigenvalue weighted by atomic mass is 16.1. The largest absolute Gasteiger partial charge is 0.310 e. The number of nitrogens with zero attached hydrogens (tertiary/aromatic N) is 1. The zero-order chi connectivity index (χ0) is 11.7. The van der Waals surface area contributed by atoms with Gasteiger partial charge in [-0.1, -0.05) is 26.8 Å². The monoisotopic (exact) mass is 207 g/mol. The predicted molar refractivity (Wildman–Crippen MR) is 64.1 cm³/mol. The van der Waals surface area contributed by atoms with Crippen molar-refractivity contribution >= 4 is 0 Å². The second kappa shape index (κ2) is 3.84. The van der Waals surface area contributed by atoms with Crippen LogP contribution in [0.2, 0.25) is 0 Å². The molecular formula is C13H21NO. The van der Waals surface area contributed by atoms with E-state index in [1.807, 2.05) is 16.8 Å². The van der Waals surface area contributed by atoms with Gasteiger partial charge < -0.3 is 4.57 Å². The molecule has 0 aromatic carbocycles. The second-order valence-corrected chi connectivity index (χ2v) is 5.96. The van der Waals surface area contributed by atoms with Crippen molar-refractivity contribution in [1.29, 1.82) is 0 Å². The Labute approximate surface area is 91.9 Å². The maximum absolute atomic E-state index is 11.7. The summed E-state index contributed by atoms with van der Waals surface area (Å²) in [5, 5.41) is 0. The summed E-state index contributed by atoms with van der Waals surface area (Å²) in [5.41, 5.74) is 0.168. The summed E-state index contributed by atoms with van der Waals surface area (Å²) in [6, 6.07) is 5.31. The molecule has 0 bridgehead atoms. The van der Waals surface area contributed by atoms with Crippen LogP contribution in [0.15, 0.2) is 29.2 Å². The number of aromatic nitrogens is 1. The highest BCUT2D eigenvalue weighted by Crippen LogP contribution is 2.30. The fourth-order valence-corrected chi connectivity index (χ4v) is 2.31. The maximum Gasteiger partial charge on any atom is 0.251 e. The molecule has 0 aliphatic rings. The van der Waals surface area contributed by atoms with Crippen molar-refractivity contribution < 1.29 is 0 Å². The molecular weight excluding hydrogens is 186 g/mol. The number of rotatable bonds is 2. The minimum absolute atomic E-state index is 0.0757. The molecule has 0 aliphatic heterocycles. The Morgan fingerprint density at radius 3 is 2.20 bits per heavy atom. The molecule has 1 heterocycles. The Bertz CT molecular complexity index is 382. The van der Waals surface area contributed by atoms with Crippen molar-refractivity contribution in [2.45, 2.75) is 46.6 Å². The van der Waals surface area contributed by atoms with E-state index in [1.54, 1.807) is 12.1 Å². The molecule has 2 nitrogen and oxygen atoms in total. The SMILES string of the molecule is CC(C)(C)CC(C)(C)n1ccccc1=O. The zero-order valence-electron chi connectivity index (χ0n) is 10.4. The van der Waals surface area contributed by atoms with Gasteiger partial charge in [0.1, 0.15) is 0 Å². The second-order valence-electron chi connectivity index (χ2n) is 5.96. The minimum Gasteiger partial charge on any atom is -0.310 e. The summed E-state index contributed by atoms with van der Waals surface area (Å²) in [5.74, 6) is 0. The van der Waals surface area contributed by atoms with Gasteiger partial charge in [-0.25, -0.2) is 0 Å². The molecule has 0 aliphatic carbocycles. The first-order chi connectivity index (χ1) is 6.72. The van der Waals surface area contributed by atoms with Gasteiger partial charge in [0.05, 0.1) is 0 Å². The Morgan fingerprint density at radius 2 is 1.73 bits per heavy atom. The van der Waals surface area contributed by atoms with E-state index in [2.05, 4.69) is 34.6 Å². The van der Waals surface area contributed by atoms with Gasteiger partial charge in [0.25, 0.3) is 5.56 Å². The highest BCUT2D eigenvalue weighted by molar-refractivity contribution is 4.98. The molecule has 0 fully saturated rings. The summed E-state index contributed by atoms with van der Waals surface area (Å²) in [6.07, 6.45) is 2.85. The molecule has 1 aromatic heterocycles. The Kier molecular flexibility index (Phi) is 3.08. The number of pyridine rings is 1. The van der Waals surface area contributed by atoms with E-state index < -0.39 is 0 Å². The van der Waals surface area contributed by atoms with Crippen molar-refractivity contribution in [2.24, 2.45) is 5.41 Å². The minimum atomic E-state index is -0.128. The standard InChI is InChI=1S/C13H21NO/c1-12(2,3)10-13(4,5)14-9-7-6-8-11(14)15/h6-9H,10H2,1-5H3. The van der Waals surface area contributed by atoms with Crippen LogP contribution in [0.25, 0.3) is 0 Å². The average Bonchev–Trinajstić information content (AvgIpc) is 1.99. The number of hydrogen-bond acceptors (Lipinski definition) is 1. The van der Waals surface area contributed by atoms with Crippen LogP contribution in [0, 0.1) is 5.41 Å². The van der Waals surface area contributed by atoms with Crippen molar-refractivity contribution in [1.82, 2.24) is 4.57 Å². The van der Waals surface area contributed by atoms with E-state index in [4.69, 9.17) is 0 Å². The fourth-order valence-electron chi connectivity index (χ4n) is 2.31. The lowest BCUT2D eigenvalue weighted by molar-refractivity contribution is 0.210. The van der Waals surface area contributed by atoms with E-state index in [-0.39, 0.29) is 16.5 Å². The zero-order valence-corrected chi connectivity index (χ0v) is 10.4. The first-order valence-corrected chi connectivity index (χ1v) is 5.41. The Morgan fingerprint density at radius 1 is 1.13 bits per heavy atom. The smallest absolute Gasteiger partial charge is 0.251 e. The molecule has 1 aromatic rings. The summed E-state index contributed by atoms with van der Waals surface area (Å²) >= 11 is 0. The summed E-state index contributed by atoms with van der Waals surface area (Å²) < 4.78 is 1.82. The van der Waals surface area contributed by atoms with E-state index in [0.29, 0.717) is 0 Å². The van der Waals surface area contributed by atoms with Gasteiger partial charge >= 0.3 is 0 Å². The van der Waals surface area contributed by atoms with Crippen LogP contribution in [0.1, 0.15) is 41.0 Å². The third-order valence-electron chi connectivity index (χ3n) is 2.44. The molecule has 0 amide bonds. The lowest BCUT2D eigenvalue weighted by atomic mass is 9.81. The molecule has 0 N–H and O–H groups in total. The van der Waals surface area contributed by atoms with Gasteiger partial charge in [-0.15, -0.1) is 0 Å². The molecule has 1 rings (SSSR count). The summed E-state index contributed by atoms with van der Waals surface area (Å²) in [6.45, 7) is 10.8. The van der Waals surface area contributed by atoms with Crippen LogP contribution in [0.5, 0.6) is 0 Å². The van der Waals surface area contributed by atoms with E-state index in [0.717, 1.165) is 6.42 Å². The van der Waals surface area contributed by atoms with Gasteiger partial charge in [-0.05, 0) is 31.7 Å². The molecule has 0 saturated heterocycles. The fraction of sp³-hybridized carbons (Fsp3) is 0.615. The molecule has 0 unspecified atom stereocenters.